The minimum atomic E-state index is -0.347. The second-order valence-electron chi connectivity index (χ2n) is 3.93. The zero-order valence-electron chi connectivity index (χ0n) is 10.6. The zero-order chi connectivity index (χ0) is 13.7. The minimum Gasteiger partial charge on any atom is -0.494 e. The topological polar surface area (TPSA) is 93.0 Å². The predicted molar refractivity (Wildman–Crippen MR) is 74.2 cm³/mol. The lowest BCUT2D eigenvalue weighted by molar-refractivity contribution is 0.340. The van der Waals surface area contributed by atoms with Gasteiger partial charge in [0.25, 0.3) is 5.56 Å². The van der Waals surface area contributed by atoms with E-state index in [1.807, 2.05) is 31.2 Å². The van der Waals surface area contributed by atoms with Gasteiger partial charge in [0.15, 0.2) is 5.82 Å². The quantitative estimate of drug-likeness (QED) is 0.754. The molecule has 2 aromatic rings. The molecule has 2 rings (SSSR count). The standard InChI is InChI=1S/C13H16N4O2/c1-2-19-10-5-3-4-9(6-10)7-15-12-11(14)13(18)17-8-16-12/h3-6,8H,2,7,14H2,1H3,(H2,15,16,17,18). The summed E-state index contributed by atoms with van der Waals surface area (Å²) in [6.07, 6.45) is 1.32. The Morgan fingerprint density at radius 2 is 2.32 bits per heavy atom. The Morgan fingerprint density at radius 3 is 3.11 bits per heavy atom. The number of nitrogens with zero attached hydrogens (tertiary/aromatic N) is 1. The van der Waals surface area contributed by atoms with E-state index in [1.165, 1.54) is 6.33 Å². The number of nitrogens with one attached hydrogen (secondary N) is 2. The van der Waals surface area contributed by atoms with Crippen LogP contribution in [-0.4, -0.2) is 16.6 Å². The first-order valence-corrected chi connectivity index (χ1v) is 5.99. The molecule has 0 bridgehead atoms. The van der Waals surface area contributed by atoms with E-state index in [2.05, 4.69) is 15.3 Å². The number of nitrogen functional groups attached to an aromatic ring is 1. The Kier molecular flexibility index (Phi) is 4.02. The number of rotatable bonds is 5. The summed E-state index contributed by atoms with van der Waals surface area (Å²) in [6, 6.07) is 7.70. The number of hydrogen-bond donors (Lipinski definition) is 3. The molecule has 0 fully saturated rings. The molecule has 4 N–H and O–H groups in total. The lowest BCUT2D eigenvalue weighted by Gasteiger charge is -2.09. The maximum atomic E-state index is 11.3. The van der Waals surface area contributed by atoms with Crippen molar-refractivity contribution in [1.82, 2.24) is 9.97 Å². The van der Waals surface area contributed by atoms with Crippen molar-refractivity contribution in [2.24, 2.45) is 0 Å². The largest absolute Gasteiger partial charge is 0.494 e. The molecule has 6 heteroatoms. The van der Waals surface area contributed by atoms with E-state index in [4.69, 9.17) is 10.5 Å². The normalized spacial score (nSPS) is 10.2. The Balaban J connectivity index is 2.08. The molecule has 0 unspecified atom stereocenters. The van der Waals surface area contributed by atoms with Gasteiger partial charge in [-0.2, -0.15) is 0 Å². The van der Waals surface area contributed by atoms with Gasteiger partial charge in [0, 0.05) is 6.54 Å². The van der Waals surface area contributed by atoms with Crippen LogP contribution < -0.4 is 21.3 Å². The van der Waals surface area contributed by atoms with Crippen LogP contribution in [0.4, 0.5) is 11.5 Å². The number of nitrogens with two attached hydrogens (primary N) is 1. The number of ether oxygens (including phenoxy) is 1. The van der Waals surface area contributed by atoms with Gasteiger partial charge in [0.1, 0.15) is 11.4 Å². The average Bonchev–Trinajstić information content (AvgIpc) is 2.41. The molecule has 0 aliphatic carbocycles. The maximum Gasteiger partial charge on any atom is 0.276 e. The summed E-state index contributed by atoms with van der Waals surface area (Å²) in [6.45, 7) is 3.08. The molecule has 0 amide bonds. The molecule has 100 valence electrons. The molecule has 0 radical (unpaired) electrons. The van der Waals surface area contributed by atoms with E-state index >= 15 is 0 Å². The molecule has 0 aliphatic rings. The third-order valence-electron chi connectivity index (χ3n) is 2.56. The molecule has 1 heterocycles. The van der Waals surface area contributed by atoms with Gasteiger partial charge >= 0.3 is 0 Å². The Morgan fingerprint density at radius 1 is 1.47 bits per heavy atom. The van der Waals surface area contributed by atoms with Crippen LogP contribution in [0.25, 0.3) is 0 Å². The highest BCUT2D eigenvalue weighted by atomic mass is 16.5. The molecule has 19 heavy (non-hydrogen) atoms. The summed E-state index contributed by atoms with van der Waals surface area (Å²) in [5.74, 6) is 1.19. The summed E-state index contributed by atoms with van der Waals surface area (Å²) in [5, 5.41) is 3.03. The number of H-pyrrole nitrogens is 1. The second-order valence-corrected chi connectivity index (χ2v) is 3.93. The first-order valence-electron chi connectivity index (χ1n) is 5.99. The van der Waals surface area contributed by atoms with Gasteiger partial charge in [-0.05, 0) is 24.6 Å². The average molecular weight is 260 g/mol. The van der Waals surface area contributed by atoms with Crippen molar-refractivity contribution in [3.8, 4) is 5.75 Å². The Bertz CT molecular complexity index is 610. The van der Waals surface area contributed by atoms with Gasteiger partial charge in [-0.15, -0.1) is 0 Å². The van der Waals surface area contributed by atoms with Crippen molar-refractivity contribution < 1.29 is 4.74 Å². The third-order valence-corrected chi connectivity index (χ3v) is 2.56. The summed E-state index contributed by atoms with van der Waals surface area (Å²) in [5.41, 5.74) is 6.39. The van der Waals surface area contributed by atoms with Gasteiger partial charge in [0.2, 0.25) is 0 Å². The van der Waals surface area contributed by atoms with Crippen LogP contribution in [0.1, 0.15) is 12.5 Å². The van der Waals surface area contributed by atoms with E-state index in [9.17, 15) is 4.79 Å². The van der Waals surface area contributed by atoms with Gasteiger partial charge < -0.3 is 20.8 Å². The predicted octanol–water partition coefficient (Wildman–Crippen LogP) is 1.36. The maximum absolute atomic E-state index is 11.3. The summed E-state index contributed by atoms with van der Waals surface area (Å²) in [4.78, 5) is 17.7. The SMILES string of the molecule is CCOc1cccc(CNc2nc[nH]c(=O)c2N)c1. The highest BCUT2D eigenvalue weighted by molar-refractivity contribution is 5.59. The van der Waals surface area contributed by atoms with Crippen LogP contribution in [0.5, 0.6) is 5.75 Å². The summed E-state index contributed by atoms with van der Waals surface area (Å²) in [7, 11) is 0. The third kappa shape index (κ3) is 3.25. The number of anilines is 2. The lowest BCUT2D eigenvalue weighted by atomic mass is 10.2. The molecule has 0 atom stereocenters. The van der Waals surface area contributed by atoms with Crippen molar-refractivity contribution in [2.75, 3.05) is 17.7 Å². The number of benzene rings is 1. The Hall–Kier alpha value is -2.50. The van der Waals surface area contributed by atoms with Crippen molar-refractivity contribution in [2.45, 2.75) is 13.5 Å². The Labute approximate surface area is 110 Å². The van der Waals surface area contributed by atoms with E-state index < -0.39 is 0 Å². The van der Waals surface area contributed by atoms with Crippen molar-refractivity contribution in [3.05, 3.63) is 46.5 Å². The van der Waals surface area contributed by atoms with Gasteiger partial charge in [-0.3, -0.25) is 4.79 Å². The van der Waals surface area contributed by atoms with Crippen LogP contribution in [0.15, 0.2) is 35.4 Å². The number of aromatic nitrogens is 2. The lowest BCUT2D eigenvalue weighted by Crippen LogP contribution is -2.16. The van der Waals surface area contributed by atoms with Gasteiger partial charge in [-0.1, -0.05) is 12.1 Å². The van der Waals surface area contributed by atoms with Crippen LogP contribution in [0.3, 0.4) is 0 Å². The molecular formula is C13H16N4O2. The van der Waals surface area contributed by atoms with E-state index in [0.29, 0.717) is 19.0 Å². The van der Waals surface area contributed by atoms with E-state index in [-0.39, 0.29) is 11.2 Å². The highest BCUT2D eigenvalue weighted by Gasteiger charge is 2.04. The van der Waals surface area contributed by atoms with Gasteiger partial charge in [-0.25, -0.2) is 4.98 Å². The van der Waals surface area contributed by atoms with Crippen LogP contribution in [0, 0.1) is 0 Å². The first kappa shape index (κ1) is 12.9. The molecule has 0 aliphatic heterocycles. The molecule has 6 nitrogen and oxygen atoms in total. The monoisotopic (exact) mass is 260 g/mol. The van der Waals surface area contributed by atoms with Crippen molar-refractivity contribution >= 4 is 11.5 Å². The van der Waals surface area contributed by atoms with Crippen LogP contribution in [-0.2, 0) is 6.54 Å². The molecule has 0 saturated heterocycles. The van der Waals surface area contributed by atoms with Crippen molar-refractivity contribution in [1.29, 1.82) is 0 Å². The fraction of sp³-hybridized carbons (Fsp3) is 0.231. The highest BCUT2D eigenvalue weighted by Crippen LogP contribution is 2.15. The molecule has 0 spiro atoms. The zero-order valence-corrected chi connectivity index (χ0v) is 10.6. The molecule has 1 aromatic heterocycles. The summed E-state index contributed by atoms with van der Waals surface area (Å²) >= 11 is 0. The summed E-state index contributed by atoms with van der Waals surface area (Å²) < 4.78 is 5.42. The molecule has 1 aromatic carbocycles. The minimum absolute atomic E-state index is 0.0865. The number of hydrogen-bond acceptors (Lipinski definition) is 5. The smallest absolute Gasteiger partial charge is 0.276 e. The van der Waals surface area contributed by atoms with Crippen molar-refractivity contribution in [3.63, 3.8) is 0 Å². The number of aromatic amines is 1. The van der Waals surface area contributed by atoms with E-state index in [0.717, 1.165) is 11.3 Å². The fourth-order valence-corrected chi connectivity index (χ4v) is 1.65. The molecule has 0 saturated carbocycles. The second kappa shape index (κ2) is 5.90. The fourth-order valence-electron chi connectivity index (χ4n) is 1.65. The molecular weight excluding hydrogens is 244 g/mol. The van der Waals surface area contributed by atoms with Crippen LogP contribution >= 0.6 is 0 Å². The van der Waals surface area contributed by atoms with E-state index in [1.54, 1.807) is 0 Å². The van der Waals surface area contributed by atoms with Crippen LogP contribution in [0.2, 0.25) is 0 Å². The van der Waals surface area contributed by atoms with Gasteiger partial charge in [0.05, 0.1) is 12.9 Å². The first-order chi connectivity index (χ1) is 9.20.